The topological polar surface area (TPSA) is 26.3 Å². The van der Waals surface area contributed by atoms with Gasteiger partial charge in [0.25, 0.3) is 0 Å². The predicted octanol–water partition coefficient (Wildman–Crippen LogP) is 2.60. The SMILES string of the molecule is C=C(C)[C@@H]1CC[C@@]2(C)CC(=O)C=C2O1. The minimum atomic E-state index is -0.0248. The highest BCUT2D eigenvalue weighted by Crippen LogP contribution is 2.46. The Hall–Kier alpha value is -1.05. The van der Waals surface area contributed by atoms with Crippen molar-refractivity contribution in [1.29, 1.82) is 0 Å². The quantitative estimate of drug-likeness (QED) is 0.597. The molecule has 1 aliphatic heterocycles. The molecule has 0 spiro atoms. The number of hydrogen-bond donors (Lipinski definition) is 0. The summed E-state index contributed by atoms with van der Waals surface area (Å²) in [6.45, 7) is 7.98. The first-order chi connectivity index (χ1) is 6.51. The Labute approximate surface area is 84.6 Å². The monoisotopic (exact) mass is 192 g/mol. The van der Waals surface area contributed by atoms with Gasteiger partial charge >= 0.3 is 0 Å². The Morgan fingerprint density at radius 2 is 2.43 bits per heavy atom. The molecule has 0 aromatic rings. The molecule has 2 aliphatic rings. The average molecular weight is 192 g/mol. The number of ketones is 1. The first-order valence-corrected chi connectivity index (χ1v) is 5.08. The van der Waals surface area contributed by atoms with Crippen LogP contribution in [0.4, 0.5) is 0 Å². The van der Waals surface area contributed by atoms with Gasteiger partial charge in [0.1, 0.15) is 11.9 Å². The highest BCUT2D eigenvalue weighted by molar-refractivity contribution is 5.93. The van der Waals surface area contributed by atoms with Crippen LogP contribution in [-0.4, -0.2) is 11.9 Å². The Bertz CT molecular complexity index is 327. The lowest BCUT2D eigenvalue weighted by Gasteiger charge is -2.36. The van der Waals surface area contributed by atoms with Crippen LogP contribution in [0.5, 0.6) is 0 Å². The first kappa shape index (κ1) is 9.50. The van der Waals surface area contributed by atoms with Crippen molar-refractivity contribution in [2.45, 2.75) is 39.2 Å². The summed E-state index contributed by atoms with van der Waals surface area (Å²) >= 11 is 0. The minimum absolute atomic E-state index is 0.0248. The lowest BCUT2D eigenvalue weighted by molar-refractivity contribution is -0.115. The van der Waals surface area contributed by atoms with E-state index in [1.165, 1.54) is 0 Å². The molecule has 0 bridgehead atoms. The molecule has 1 aliphatic carbocycles. The minimum Gasteiger partial charge on any atom is -0.490 e. The van der Waals surface area contributed by atoms with Crippen LogP contribution in [0.1, 0.15) is 33.1 Å². The van der Waals surface area contributed by atoms with Crippen molar-refractivity contribution in [3.05, 3.63) is 24.0 Å². The van der Waals surface area contributed by atoms with E-state index in [1.807, 2.05) is 6.92 Å². The molecular formula is C12H16O2. The number of fused-ring (bicyclic) bond motifs is 1. The predicted molar refractivity (Wildman–Crippen MR) is 54.7 cm³/mol. The summed E-state index contributed by atoms with van der Waals surface area (Å²) in [6, 6.07) is 0. The Morgan fingerprint density at radius 3 is 3.07 bits per heavy atom. The molecule has 0 aromatic carbocycles. The molecule has 0 aromatic heterocycles. The van der Waals surface area contributed by atoms with Gasteiger partial charge in [-0.2, -0.15) is 0 Å². The summed E-state index contributed by atoms with van der Waals surface area (Å²) in [6.07, 6.45) is 4.40. The summed E-state index contributed by atoms with van der Waals surface area (Å²) in [4.78, 5) is 11.3. The zero-order valence-electron chi connectivity index (χ0n) is 8.80. The number of ether oxygens (including phenoxy) is 1. The fraction of sp³-hybridized carbons (Fsp3) is 0.583. The molecule has 0 amide bonds. The molecule has 2 rings (SSSR count). The van der Waals surface area contributed by atoms with E-state index in [1.54, 1.807) is 6.08 Å². The number of carbonyl (C=O) groups excluding carboxylic acids is 1. The van der Waals surface area contributed by atoms with E-state index in [2.05, 4.69) is 13.5 Å². The standard InChI is InChI=1S/C12H16O2/c1-8(2)10-4-5-12(3)7-9(13)6-11(12)14-10/h6,10H,1,4-5,7H2,2-3H3/t10-,12-/m0/s1. The van der Waals surface area contributed by atoms with Crippen LogP contribution >= 0.6 is 0 Å². The van der Waals surface area contributed by atoms with Crippen molar-refractivity contribution in [3.8, 4) is 0 Å². The fourth-order valence-electron chi connectivity index (χ4n) is 2.24. The molecule has 1 saturated heterocycles. The van der Waals surface area contributed by atoms with Crippen LogP contribution in [0.15, 0.2) is 24.0 Å². The maximum atomic E-state index is 11.3. The van der Waals surface area contributed by atoms with Crippen molar-refractivity contribution in [2.24, 2.45) is 5.41 Å². The van der Waals surface area contributed by atoms with Crippen LogP contribution < -0.4 is 0 Å². The van der Waals surface area contributed by atoms with E-state index in [-0.39, 0.29) is 17.3 Å². The highest BCUT2D eigenvalue weighted by Gasteiger charge is 2.42. The van der Waals surface area contributed by atoms with Gasteiger partial charge in [-0.1, -0.05) is 13.5 Å². The first-order valence-electron chi connectivity index (χ1n) is 5.08. The lowest BCUT2D eigenvalue weighted by Crippen LogP contribution is -2.30. The van der Waals surface area contributed by atoms with E-state index in [0.717, 1.165) is 24.2 Å². The Kier molecular flexibility index (Phi) is 2.02. The van der Waals surface area contributed by atoms with Gasteiger partial charge in [0.05, 0.1) is 0 Å². The van der Waals surface area contributed by atoms with Crippen LogP contribution in [0.2, 0.25) is 0 Å². The van der Waals surface area contributed by atoms with Gasteiger partial charge in [-0.05, 0) is 25.3 Å². The van der Waals surface area contributed by atoms with Crippen LogP contribution in [0.3, 0.4) is 0 Å². The van der Waals surface area contributed by atoms with E-state index in [4.69, 9.17) is 4.74 Å². The molecule has 0 N–H and O–H groups in total. The van der Waals surface area contributed by atoms with E-state index < -0.39 is 0 Å². The number of carbonyl (C=O) groups is 1. The van der Waals surface area contributed by atoms with Gasteiger partial charge in [-0.15, -0.1) is 0 Å². The van der Waals surface area contributed by atoms with Gasteiger partial charge in [-0.25, -0.2) is 0 Å². The molecule has 1 fully saturated rings. The second-order valence-corrected chi connectivity index (χ2v) is 4.70. The Morgan fingerprint density at radius 1 is 1.71 bits per heavy atom. The van der Waals surface area contributed by atoms with Gasteiger partial charge in [0, 0.05) is 17.9 Å². The average Bonchev–Trinajstić information content (AvgIpc) is 2.37. The molecule has 14 heavy (non-hydrogen) atoms. The number of rotatable bonds is 1. The zero-order chi connectivity index (χ0) is 10.3. The van der Waals surface area contributed by atoms with E-state index in [9.17, 15) is 4.79 Å². The van der Waals surface area contributed by atoms with Crippen LogP contribution in [-0.2, 0) is 9.53 Å². The van der Waals surface area contributed by atoms with Crippen LogP contribution in [0, 0.1) is 5.41 Å². The highest BCUT2D eigenvalue weighted by atomic mass is 16.5. The number of hydrogen-bond acceptors (Lipinski definition) is 2. The van der Waals surface area contributed by atoms with Crippen LogP contribution in [0.25, 0.3) is 0 Å². The summed E-state index contributed by atoms with van der Waals surface area (Å²) in [5.74, 6) is 1.08. The smallest absolute Gasteiger partial charge is 0.160 e. The molecule has 1 heterocycles. The molecular weight excluding hydrogens is 176 g/mol. The molecule has 2 atom stereocenters. The molecule has 0 unspecified atom stereocenters. The number of allylic oxidation sites excluding steroid dienone is 2. The third-order valence-corrected chi connectivity index (χ3v) is 3.23. The van der Waals surface area contributed by atoms with E-state index >= 15 is 0 Å². The fourth-order valence-corrected chi connectivity index (χ4v) is 2.24. The molecule has 76 valence electrons. The van der Waals surface area contributed by atoms with E-state index in [0.29, 0.717) is 6.42 Å². The Balaban J connectivity index is 2.21. The van der Waals surface area contributed by atoms with Crippen molar-refractivity contribution in [2.75, 3.05) is 0 Å². The maximum Gasteiger partial charge on any atom is 0.160 e. The maximum absolute atomic E-state index is 11.3. The van der Waals surface area contributed by atoms with Crippen molar-refractivity contribution < 1.29 is 9.53 Å². The second kappa shape index (κ2) is 2.97. The van der Waals surface area contributed by atoms with Gasteiger partial charge in [0.2, 0.25) is 0 Å². The third-order valence-electron chi connectivity index (χ3n) is 3.23. The molecule has 0 saturated carbocycles. The lowest BCUT2D eigenvalue weighted by atomic mass is 9.80. The largest absolute Gasteiger partial charge is 0.490 e. The van der Waals surface area contributed by atoms with Gasteiger partial charge in [0.15, 0.2) is 5.78 Å². The van der Waals surface area contributed by atoms with Gasteiger partial charge < -0.3 is 4.74 Å². The zero-order valence-corrected chi connectivity index (χ0v) is 8.80. The second-order valence-electron chi connectivity index (χ2n) is 4.70. The van der Waals surface area contributed by atoms with Crippen molar-refractivity contribution in [1.82, 2.24) is 0 Å². The van der Waals surface area contributed by atoms with Gasteiger partial charge in [-0.3, -0.25) is 4.79 Å². The van der Waals surface area contributed by atoms with Crippen molar-refractivity contribution in [3.63, 3.8) is 0 Å². The molecule has 2 heteroatoms. The summed E-state index contributed by atoms with van der Waals surface area (Å²) in [7, 11) is 0. The molecule has 0 radical (unpaired) electrons. The third kappa shape index (κ3) is 1.39. The molecule has 2 nitrogen and oxygen atoms in total. The summed E-state index contributed by atoms with van der Waals surface area (Å²) in [5.41, 5.74) is 1.02. The van der Waals surface area contributed by atoms with Crippen molar-refractivity contribution >= 4 is 5.78 Å². The normalized spacial score (nSPS) is 36.0. The summed E-state index contributed by atoms with van der Waals surface area (Å²) < 4.78 is 5.79. The summed E-state index contributed by atoms with van der Waals surface area (Å²) in [5, 5.41) is 0.